The van der Waals surface area contributed by atoms with Gasteiger partial charge in [0.25, 0.3) is 0 Å². The summed E-state index contributed by atoms with van der Waals surface area (Å²) < 4.78 is 2.41. The SMILES string of the molecule is Clc1ccc2c(c1)sc1cc3ccccc3nc12. The molecule has 1 nitrogen and oxygen atoms in total. The summed E-state index contributed by atoms with van der Waals surface area (Å²) in [4.78, 5) is 4.76. The maximum atomic E-state index is 6.04. The molecule has 0 N–H and O–H groups in total. The molecule has 0 unspecified atom stereocenters. The van der Waals surface area contributed by atoms with Crippen LogP contribution in [0.4, 0.5) is 0 Å². The van der Waals surface area contributed by atoms with E-state index < -0.39 is 0 Å². The van der Waals surface area contributed by atoms with Gasteiger partial charge in [-0.1, -0.05) is 29.8 Å². The molecule has 3 heteroatoms. The highest BCUT2D eigenvalue weighted by molar-refractivity contribution is 7.25. The van der Waals surface area contributed by atoms with Crippen LogP contribution in [0.5, 0.6) is 0 Å². The number of thiophene rings is 1. The van der Waals surface area contributed by atoms with Gasteiger partial charge in [-0.3, -0.25) is 0 Å². The van der Waals surface area contributed by atoms with E-state index in [-0.39, 0.29) is 0 Å². The van der Waals surface area contributed by atoms with Gasteiger partial charge in [0.1, 0.15) is 0 Å². The zero-order valence-corrected chi connectivity index (χ0v) is 10.9. The van der Waals surface area contributed by atoms with E-state index in [2.05, 4.69) is 18.2 Å². The fraction of sp³-hybridized carbons (Fsp3) is 0. The van der Waals surface area contributed by atoms with Gasteiger partial charge >= 0.3 is 0 Å². The molecule has 0 bridgehead atoms. The lowest BCUT2D eigenvalue weighted by Crippen LogP contribution is -1.78. The summed E-state index contributed by atoms with van der Waals surface area (Å²) in [7, 11) is 0. The standard InChI is InChI=1S/C15H8ClNS/c16-10-5-6-11-13(8-10)18-14-7-9-3-1-2-4-12(9)17-15(11)14/h1-8H. The van der Waals surface area contributed by atoms with Crippen molar-refractivity contribution in [2.45, 2.75) is 0 Å². The summed E-state index contributed by atoms with van der Waals surface area (Å²) >= 11 is 7.78. The number of para-hydroxylation sites is 1. The molecular formula is C15H8ClNS. The van der Waals surface area contributed by atoms with Crippen LogP contribution in [0.15, 0.2) is 48.5 Å². The first-order valence-corrected chi connectivity index (χ1v) is 6.88. The predicted octanol–water partition coefficient (Wildman–Crippen LogP) is 5.26. The van der Waals surface area contributed by atoms with Crippen LogP contribution in [0.2, 0.25) is 5.02 Å². The Kier molecular flexibility index (Phi) is 2.10. The molecule has 0 aliphatic carbocycles. The zero-order chi connectivity index (χ0) is 12.1. The second-order valence-corrected chi connectivity index (χ2v) is 5.79. The lowest BCUT2D eigenvalue weighted by Gasteiger charge is -1.97. The largest absolute Gasteiger partial charge is 0.246 e. The van der Waals surface area contributed by atoms with Crippen LogP contribution in [-0.2, 0) is 0 Å². The molecule has 0 amide bonds. The highest BCUT2D eigenvalue weighted by Crippen LogP contribution is 2.35. The molecule has 2 heterocycles. The molecule has 2 aromatic heterocycles. The quantitative estimate of drug-likeness (QED) is 0.424. The van der Waals surface area contributed by atoms with Crippen LogP contribution < -0.4 is 0 Å². The molecule has 18 heavy (non-hydrogen) atoms. The first-order valence-electron chi connectivity index (χ1n) is 5.69. The number of rotatable bonds is 0. The summed E-state index contributed by atoms with van der Waals surface area (Å²) in [5, 5.41) is 3.14. The van der Waals surface area contributed by atoms with Crippen molar-refractivity contribution < 1.29 is 0 Å². The Labute approximate surface area is 113 Å². The van der Waals surface area contributed by atoms with E-state index in [4.69, 9.17) is 16.6 Å². The maximum Gasteiger partial charge on any atom is 0.0896 e. The molecule has 0 aliphatic heterocycles. The molecule has 0 atom stereocenters. The van der Waals surface area contributed by atoms with E-state index in [9.17, 15) is 0 Å². The Bertz CT molecular complexity index is 895. The number of benzene rings is 2. The fourth-order valence-corrected chi connectivity index (χ4v) is 3.63. The van der Waals surface area contributed by atoms with Crippen LogP contribution in [0.25, 0.3) is 31.2 Å². The van der Waals surface area contributed by atoms with Crippen LogP contribution in [0, 0.1) is 0 Å². The Morgan fingerprint density at radius 1 is 0.944 bits per heavy atom. The van der Waals surface area contributed by atoms with Crippen molar-refractivity contribution in [1.82, 2.24) is 4.98 Å². The summed E-state index contributed by atoms with van der Waals surface area (Å²) in [5.74, 6) is 0. The minimum atomic E-state index is 0.776. The van der Waals surface area contributed by atoms with E-state index in [1.165, 1.54) is 20.2 Å². The molecule has 0 spiro atoms. The molecular weight excluding hydrogens is 262 g/mol. The van der Waals surface area contributed by atoms with Crippen molar-refractivity contribution in [3.8, 4) is 0 Å². The third-order valence-corrected chi connectivity index (χ3v) is 4.43. The first-order chi connectivity index (χ1) is 8.81. The van der Waals surface area contributed by atoms with Gasteiger partial charge in [-0.2, -0.15) is 0 Å². The highest BCUT2D eigenvalue weighted by atomic mass is 35.5. The topological polar surface area (TPSA) is 12.9 Å². The number of pyridine rings is 1. The van der Waals surface area contributed by atoms with E-state index in [0.717, 1.165) is 16.1 Å². The van der Waals surface area contributed by atoms with E-state index in [0.29, 0.717) is 0 Å². The third-order valence-electron chi connectivity index (χ3n) is 3.11. The molecule has 0 radical (unpaired) electrons. The lowest BCUT2D eigenvalue weighted by atomic mass is 10.2. The first kappa shape index (κ1) is 10.3. The average molecular weight is 270 g/mol. The minimum absolute atomic E-state index is 0.776. The second-order valence-electron chi connectivity index (χ2n) is 4.27. The summed E-state index contributed by atoms with van der Waals surface area (Å²) in [5.41, 5.74) is 2.12. The molecule has 4 rings (SSSR count). The van der Waals surface area contributed by atoms with E-state index >= 15 is 0 Å². The lowest BCUT2D eigenvalue weighted by molar-refractivity contribution is 1.53. The Morgan fingerprint density at radius 2 is 1.83 bits per heavy atom. The van der Waals surface area contributed by atoms with Crippen molar-refractivity contribution in [3.63, 3.8) is 0 Å². The summed E-state index contributed by atoms with van der Waals surface area (Å²) in [6, 6.07) is 16.4. The zero-order valence-electron chi connectivity index (χ0n) is 9.35. The van der Waals surface area contributed by atoms with Crippen molar-refractivity contribution >= 4 is 54.1 Å². The summed E-state index contributed by atoms with van der Waals surface area (Å²) in [6.07, 6.45) is 0. The monoisotopic (exact) mass is 269 g/mol. The van der Waals surface area contributed by atoms with Gasteiger partial charge in [-0.25, -0.2) is 4.98 Å². The minimum Gasteiger partial charge on any atom is -0.246 e. The van der Waals surface area contributed by atoms with Crippen LogP contribution in [-0.4, -0.2) is 4.98 Å². The van der Waals surface area contributed by atoms with Gasteiger partial charge in [0.2, 0.25) is 0 Å². The molecule has 2 aromatic carbocycles. The van der Waals surface area contributed by atoms with Gasteiger partial charge in [0, 0.05) is 20.5 Å². The number of hydrogen-bond donors (Lipinski definition) is 0. The van der Waals surface area contributed by atoms with E-state index in [1.807, 2.05) is 30.3 Å². The number of aromatic nitrogens is 1. The Morgan fingerprint density at radius 3 is 2.78 bits per heavy atom. The molecule has 86 valence electrons. The van der Waals surface area contributed by atoms with Gasteiger partial charge < -0.3 is 0 Å². The predicted molar refractivity (Wildman–Crippen MR) is 79.6 cm³/mol. The van der Waals surface area contributed by atoms with Gasteiger partial charge in [-0.15, -0.1) is 11.3 Å². The molecule has 4 aromatic rings. The fourth-order valence-electron chi connectivity index (χ4n) is 2.26. The number of fused-ring (bicyclic) bond motifs is 4. The van der Waals surface area contributed by atoms with Gasteiger partial charge in [0.15, 0.2) is 0 Å². The van der Waals surface area contributed by atoms with Crippen LogP contribution in [0.3, 0.4) is 0 Å². The smallest absolute Gasteiger partial charge is 0.0896 e. The number of nitrogens with zero attached hydrogens (tertiary/aromatic N) is 1. The maximum absolute atomic E-state index is 6.04. The average Bonchev–Trinajstić information content (AvgIpc) is 2.72. The molecule has 0 saturated heterocycles. The van der Waals surface area contributed by atoms with Crippen molar-refractivity contribution in [1.29, 1.82) is 0 Å². The third kappa shape index (κ3) is 1.43. The summed E-state index contributed by atoms with van der Waals surface area (Å²) in [6.45, 7) is 0. The van der Waals surface area contributed by atoms with Crippen LogP contribution in [0.1, 0.15) is 0 Å². The second kappa shape index (κ2) is 3.67. The van der Waals surface area contributed by atoms with Crippen LogP contribution >= 0.6 is 22.9 Å². The Balaban J connectivity index is 2.23. The molecule has 0 aliphatic rings. The van der Waals surface area contributed by atoms with Crippen molar-refractivity contribution in [2.24, 2.45) is 0 Å². The molecule has 0 fully saturated rings. The Hall–Kier alpha value is -1.64. The van der Waals surface area contributed by atoms with Gasteiger partial charge in [-0.05, 0) is 30.3 Å². The highest BCUT2D eigenvalue weighted by Gasteiger charge is 2.08. The normalized spacial score (nSPS) is 11.6. The number of hydrogen-bond acceptors (Lipinski definition) is 2. The molecule has 0 saturated carbocycles. The number of halogens is 1. The van der Waals surface area contributed by atoms with Crippen molar-refractivity contribution in [3.05, 3.63) is 53.6 Å². The van der Waals surface area contributed by atoms with E-state index in [1.54, 1.807) is 11.3 Å². The van der Waals surface area contributed by atoms with Crippen molar-refractivity contribution in [2.75, 3.05) is 0 Å². The van der Waals surface area contributed by atoms with Gasteiger partial charge in [0.05, 0.1) is 15.7 Å².